The highest BCUT2D eigenvalue weighted by Gasteiger charge is 2.02. The molecular weight excluding hydrogens is 268 g/mol. The average molecular weight is 279 g/mol. The molecule has 3 heteroatoms. The van der Waals surface area contributed by atoms with Crippen molar-refractivity contribution in [1.82, 2.24) is 0 Å². The summed E-state index contributed by atoms with van der Waals surface area (Å²) in [4.78, 5) is 10.6. The number of alkyl halides is 1. The molecule has 0 aliphatic rings. The van der Waals surface area contributed by atoms with Gasteiger partial charge in [0.05, 0.1) is 6.42 Å². The molecule has 2 rings (SSSR count). The number of carboxylic acid groups (broad SMARTS) is 1. The first-order valence-electron chi connectivity index (χ1n) is 4.98. The van der Waals surface area contributed by atoms with Crippen molar-refractivity contribution in [3.8, 4) is 0 Å². The highest BCUT2D eigenvalue weighted by molar-refractivity contribution is 9.08. The van der Waals surface area contributed by atoms with Crippen molar-refractivity contribution in [3.05, 3.63) is 47.5 Å². The van der Waals surface area contributed by atoms with Gasteiger partial charge in [-0.25, -0.2) is 0 Å². The van der Waals surface area contributed by atoms with E-state index in [9.17, 15) is 4.79 Å². The van der Waals surface area contributed by atoms with Crippen LogP contribution in [0.5, 0.6) is 0 Å². The Morgan fingerprint density at radius 1 is 1.06 bits per heavy atom. The third-order valence-electron chi connectivity index (χ3n) is 2.48. The van der Waals surface area contributed by atoms with Crippen molar-refractivity contribution in [3.63, 3.8) is 0 Å². The van der Waals surface area contributed by atoms with Crippen molar-refractivity contribution in [1.29, 1.82) is 0 Å². The van der Waals surface area contributed by atoms with Gasteiger partial charge in [0.1, 0.15) is 0 Å². The van der Waals surface area contributed by atoms with Crippen LogP contribution < -0.4 is 0 Å². The standard InChI is InChI=1S/C13H11BrO2/c14-8-10-2-4-11-3-1-9(7-13(15)16)5-12(11)6-10/h1-6H,7-8H2,(H,15,16). The predicted molar refractivity (Wildman–Crippen MR) is 67.9 cm³/mol. The second-order valence-corrected chi connectivity index (χ2v) is 4.28. The van der Waals surface area contributed by atoms with Crippen molar-refractivity contribution < 1.29 is 9.90 Å². The second kappa shape index (κ2) is 4.66. The van der Waals surface area contributed by atoms with Gasteiger partial charge in [0.25, 0.3) is 0 Å². The Labute approximate surface area is 102 Å². The van der Waals surface area contributed by atoms with Crippen LogP contribution in [0.15, 0.2) is 36.4 Å². The van der Waals surface area contributed by atoms with Crippen molar-refractivity contribution >= 4 is 32.7 Å². The van der Waals surface area contributed by atoms with E-state index in [-0.39, 0.29) is 6.42 Å². The van der Waals surface area contributed by atoms with Crippen molar-refractivity contribution in [2.45, 2.75) is 11.8 Å². The Morgan fingerprint density at radius 3 is 2.31 bits per heavy atom. The maximum atomic E-state index is 10.6. The summed E-state index contributed by atoms with van der Waals surface area (Å²) in [6.07, 6.45) is 0.0779. The number of fused-ring (bicyclic) bond motifs is 1. The maximum Gasteiger partial charge on any atom is 0.307 e. The van der Waals surface area contributed by atoms with Gasteiger partial charge in [-0.3, -0.25) is 4.79 Å². The molecule has 0 saturated carbocycles. The number of hydrogen-bond donors (Lipinski definition) is 1. The fourth-order valence-electron chi connectivity index (χ4n) is 1.71. The number of benzene rings is 2. The van der Waals surface area contributed by atoms with Crippen LogP contribution in [0, 0.1) is 0 Å². The van der Waals surface area contributed by atoms with Crippen LogP contribution in [0.3, 0.4) is 0 Å². The minimum Gasteiger partial charge on any atom is -0.481 e. The molecule has 0 radical (unpaired) electrons. The van der Waals surface area contributed by atoms with E-state index in [1.165, 1.54) is 5.56 Å². The third kappa shape index (κ3) is 2.42. The lowest BCUT2D eigenvalue weighted by molar-refractivity contribution is -0.136. The summed E-state index contributed by atoms with van der Waals surface area (Å²) in [7, 11) is 0. The molecule has 0 atom stereocenters. The topological polar surface area (TPSA) is 37.3 Å². The molecule has 82 valence electrons. The first-order valence-corrected chi connectivity index (χ1v) is 6.10. The summed E-state index contributed by atoms with van der Waals surface area (Å²) < 4.78 is 0. The lowest BCUT2D eigenvalue weighted by atomic mass is 10.0. The minimum absolute atomic E-state index is 0.0779. The van der Waals surface area contributed by atoms with Gasteiger partial charge >= 0.3 is 5.97 Å². The summed E-state index contributed by atoms with van der Waals surface area (Å²) >= 11 is 3.41. The van der Waals surface area contributed by atoms with E-state index in [1.54, 1.807) is 0 Å². The highest BCUT2D eigenvalue weighted by atomic mass is 79.9. The molecule has 0 spiro atoms. The number of halogens is 1. The third-order valence-corrected chi connectivity index (χ3v) is 3.13. The smallest absolute Gasteiger partial charge is 0.307 e. The van der Waals surface area contributed by atoms with Gasteiger partial charge in [-0.15, -0.1) is 0 Å². The predicted octanol–water partition coefficient (Wildman–Crippen LogP) is 3.36. The Bertz CT molecular complexity index is 534. The molecule has 2 nitrogen and oxygen atoms in total. The molecule has 0 fully saturated rings. The van der Waals surface area contributed by atoms with Gasteiger partial charge in [-0.05, 0) is 21.9 Å². The minimum atomic E-state index is -0.795. The van der Waals surface area contributed by atoms with E-state index in [4.69, 9.17) is 5.11 Å². The summed E-state index contributed by atoms with van der Waals surface area (Å²) in [6.45, 7) is 0. The molecule has 0 unspecified atom stereocenters. The quantitative estimate of drug-likeness (QED) is 0.875. The monoisotopic (exact) mass is 278 g/mol. The van der Waals surface area contributed by atoms with Crippen LogP contribution in [-0.2, 0) is 16.5 Å². The van der Waals surface area contributed by atoms with E-state index in [1.807, 2.05) is 18.2 Å². The molecule has 0 aliphatic carbocycles. The Morgan fingerprint density at radius 2 is 1.69 bits per heavy atom. The van der Waals surface area contributed by atoms with Gasteiger partial charge < -0.3 is 5.11 Å². The molecule has 1 N–H and O–H groups in total. The molecular formula is C13H11BrO2. The van der Waals surface area contributed by atoms with Gasteiger partial charge in [0.15, 0.2) is 0 Å². The highest BCUT2D eigenvalue weighted by Crippen LogP contribution is 2.19. The van der Waals surface area contributed by atoms with Crippen molar-refractivity contribution in [2.75, 3.05) is 0 Å². The van der Waals surface area contributed by atoms with Gasteiger partial charge in [0.2, 0.25) is 0 Å². The lowest BCUT2D eigenvalue weighted by Crippen LogP contribution is -1.99. The van der Waals surface area contributed by atoms with E-state index < -0.39 is 5.97 Å². The molecule has 0 bridgehead atoms. The maximum absolute atomic E-state index is 10.6. The summed E-state index contributed by atoms with van der Waals surface area (Å²) in [6, 6.07) is 12.0. The van der Waals surface area contributed by atoms with Gasteiger partial charge in [-0.1, -0.05) is 52.3 Å². The van der Waals surface area contributed by atoms with Crippen LogP contribution in [0.1, 0.15) is 11.1 Å². The Balaban J connectivity index is 2.46. The van der Waals surface area contributed by atoms with E-state index in [0.717, 1.165) is 21.7 Å². The lowest BCUT2D eigenvalue weighted by Gasteiger charge is -2.03. The fraction of sp³-hybridized carbons (Fsp3) is 0.154. The number of carboxylic acids is 1. The fourth-order valence-corrected chi connectivity index (χ4v) is 2.06. The summed E-state index contributed by atoms with van der Waals surface area (Å²) in [5.74, 6) is -0.795. The number of carbonyl (C=O) groups is 1. The zero-order valence-electron chi connectivity index (χ0n) is 8.61. The van der Waals surface area contributed by atoms with Gasteiger partial charge in [0, 0.05) is 5.33 Å². The van der Waals surface area contributed by atoms with Gasteiger partial charge in [-0.2, -0.15) is 0 Å². The molecule has 2 aromatic carbocycles. The van der Waals surface area contributed by atoms with Crippen LogP contribution >= 0.6 is 15.9 Å². The number of hydrogen-bond acceptors (Lipinski definition) is 1. The molecule has 16 heavy (non-hydrogen) atoms. The van der Waals surface area contributed by atoms with E-state index in [2.05, 4.69) is 34.1 Å². The molecule has 0 saturated heterocycles. The van der Waals surface area contributed by atoms with Crippen LogP contribution in [0.2, 0.25) is 0 Å². The first-order chi connectivity index (χ1) is 7.69. The zero-order chi connectivity index (χ0) is 11.5. The van der Waals surface area contributed by atoms with Crippen LogP contribution in [-0.4, -0.2) is 11.1 Å². The summed E-state index contributed by atoms with van der Waals surface area (Å²) in [5, 5.41) is 11.8. The zero-order valence-corrected chi connectivity index (χ0v) is 10.2. The van der Waals surface area contributed by atoms with E-state index >= 15 is 0 Å². The first kappa shape index (κ1) is 11.1. The second-order valence-electron chi connectivity index (χ2n) is 3.72. The molecule has 2 aromatic rings. The number of aliphatic carboxylic acids is 1. The Hall–Kier alpha value is -1.35. The van der Waals surface area contributed by atoms with Crippen LogP contribution in [0.4, 0.5) is 0 Å². The molecule has 0 heterocycles. The Kier molecular flexibility index (Phi) is 3.25. The van der Waals surface area contributed by atoms with Crippen LogP contribution in [0.25, 0.3) is 10.8 Å². The average Bonchev–Trinajstić information content (AvgIpc) is 2.27. The molecule has 0 amide bonds. The van der Waals surface area contributed by atoms with Crippen molar-refractivity contribution in [2.24, 2.45) is 0 Å². The largest absolute Gasteiger partial charge is 0.481 e. The molecule has 0 aliphatic heterocycles. The van der Waals surface area contributed by atoms with E-state index in [0.29, 0.717) is 0 Å². The number of rotatable bonds is 3. The normalized spacial score (nSPS) is 10.6. The SMILES string of the molecule is O=C(O)Cc1ccc2ccc(CBr)cc2c1. The summed E-state index contributed by atoms with van der Waals surface area (Å²) in [5.41, 5.74) is 2.03. The molecule has 0 aromatic heterocycles.